The first-order valence-electron chi connectivity index (χ1n) is 9.32. The number of aliphatic hydroxyl groups excluding tert-OH is 2. The summed E-state index contributed by atoms with van der Waals surface area (Å²) in [6.07, 6.45) is 1.52. The molecule has 1 saturated carbocycles. The van der Waals surface area contributed by atoms with E-state index in [1.54, 1.807) is 22.7 Å². The number of rotatable bonds is 4. The fourth-order valence-corrected chi connectivity index (χ4v) is 7.21. The van der Waals surface area contributed by atoms with Gasteiger partial charge in [0.1, 0.15) is 5.01 Å². The molecule has 27 heavy (non-hydrogen) atoms. The lowest BCUT2D eigenvalue weighted by Crippen LogP contribution is -2.57. The quantitative estimate of drug-likeness (QED) is 0.718. The van der Waals surface area contributed by atoms with Gasteiger partial charge in [-0.3, -0.25) is 4.79 Å². The van der Waals surface area contributed by atoms with Crippen LogP contribution in [0.15, 0.2) is 16.8 Å². The number of aliphatic carboxylic acids is 1. The molecule has 4 rings (SSSR count). The Morgan fingerprint density at radius 1 is 1.41 bits per heavy atom. The fourth-order valence-electron chi connectivity index (χ4n) is 5.33. The van der Waals surface area contributed by atoms with Gasteiger partial charge in [0.2, 0.25) is 0 Å². The molecular formula is C20H25NO4S2. The van der Waals surface area contributed by atoms with Gasteiger partial charge in [0, 0.05) is 27.2 Å². The van der Waals surface area contributed by atoms with E-state index in [1.165, 1.54) is 0 Å². The van der Waals surface area contributed by atoms with Crippen LogP contribution in [0.1, 0.15) is 49.6 Å². The van der Waals surface area contributed by atoms with Crippen molar-refractivity contribution in [1.29, 1.82) is 0 Å². The normalized spacial score (nSPS) is 35.5. The van der Waals surface area contributed by atoms with Crippen molar-refractivity contribution in [2.24, 2.45) is 16.7 Å². The van der Waals surface area contributed by atoms with Gasteiger partial charge in [0.05, 0.1) is 24.8 Å². The van der Waals surface area contributed by atoms with Gasteiger partial charge in [-0.2, -0.15) is 11.3 Å². The molecule has 3 N–H and O–H groups in total. The van der Waals surface area contributed by atoms with Crippen LogP contribution in [0.4, 0.5) is 0 Å². The number of nitrogens with zero attached hydrogens (tertiary/aromatic N) is 1. The number of carboxylic acid groups (broad SMARTS) is 1. The molecular weight excluding hydrogens is 382 g/mol. The van der Waals surface area contributed by atoms with E-state index in [2.05, 4.69) is 12.3 Å². The third-order valence-electron chi connectivity index (χ3n) is 7.04. The standard InChI is InChI=1S/C20H25NO4S2/c1-19-5-3-15(23)20(2,10-22)14(19)8-13-17(12(19)7-16(24)25)21-18(27-13)11-4-6-26-9-11/h4,6,9,12,14-15,22-23H,3,5,7-8,10H2,1-2H3,(H,24,25). The average molecular weight is 408 g/mol. The van der Waals surface area contributed by atoms with Crippen molar-refractivity contribution in [3.05, 3.63) is 27.4 Å². The first-order valence-corrected chi connectivity index (χ1v) is 11.1. The minimum absolute atomic E-state index is 0.0198. The summed E-state index contributed by atoms with van der Waals surface area (Å²) in [5.41, 5.74) is 1.06. The highest BCUT2D eigenvalue weighted by atomic mass is 32.1. The molecule has 2 aliphatic rings. The van der Waals surface area contributed by atoms with Crippen LogP contribution in [-0.4, -0.2) is 39.0 Å². The van der Waals surface area contributed by atoms with Crippen molar-refractivity contribution in [3.63, 3.8) is 0 Å². The lowest BCUT2D eigenvalue weighted by atomic mass is 9.47. The molecule has 0 amide bonds. The van der Waals surface area contributed by atoms with E-state index in [4.69, 9.17) is 4.98 Å². The highest BCUT2D eigenvalue weighted by Gasteiger charge is 2.59. The van der Waals surface area contributed by atoms with Gasteiger partial charge in [-0.25, -0.2) is 4.98 Å². The van der Waals surface area contributed by atoms with E-state index >= 15 is 0 Å². The zero-order valence-corrected chi connectivity index (χ0v) is 17.1. The predicted molar refractivity (Wildman–Crippen MR) is 106 cm³/mol. The number of thiophene rings is 1. The molecule has 5 unspecified atom stereocenters. The summed E-state index contributed by atoms with van der Waals surface area (Å²) >= 11 is 3.25. The topological polar surface area (TPSA) is 90.7 Å². The first-order chi connectivity index (χ1) is 12.8. The SMILES string of the molecule is CC1(CO)C(O)CCC2(C)C(CC(=O)O)c3nc(-c4ccsc4)sc3CC12. The summed E-state index contributed by atoms with van der Waals surface area (Å²) in [5, 5.41) is 35.4. The molecule has 2 aromatic rings. The van der Waals surface area contributed by atoms with Crippen molar-refractivity contribution in [3.8, 4) is 10.6 Å². The molecule has 0 saturated heterocycles. The van der Waals surface area contributed by atoms with Crippen LogP contribution in [0.3, 0.4) is 0 Å². The summed E-state index contributed by atoms with van der Waals surface area (Å²) in [7, 11) is 0. The molecule has 0 spiro atoms. The van der Waals surface area contributed by atoms with Crippen LogP contribution in [0, 0.1) is 16.7 Å². The second-order valence-electron chi connectivity index (χ2n) is 8.47. The molecule has 5 nitrogen and oxygen atoms in total. The highest BCUT2D eigenvalue weighted by Crippen LogP contribution is 2.62. The molecule has 0 radical (unpaired) electrons. The molecule has 2 aliphatic carbocycles. The summed E-state index contributed by atoms with van der Waals surface area (Å²) in [6.45, 7) is 3.99. The Bertz CT molecular complexity index is 848. The van der Waals surface area contributed by atoms with Gasteiger partial charge < -0.3 is 15.3 Å². The zero-order valence-electron chi connectivity index (χ0n) is 15.5. The van der Waals surface area contributed by atoms with Crippen molar-refractivity contribution in [2.45, 2.75) is 51.6 Å². The van der Waals surface area contributed by atoms with Gasteiger partial charge in [-0.15, -0.1) is 11.3 Å². The summed E-state index contributed by atoms with van der Waals surface area (Å²) < 4.78 is 0. The number of hydrogen-bond donors (Lipinski definition) is 3. The van der Waals surface area contributed by atoms with E-state index in [0.717, 1.165) is 34.0 Å². The van der Waals surface area contributed by atoms with E-state index in [-0.39, 0.29) is 30.3 Å². The second-order valence-corrected chi connectivity index (χ2v) is 10.3. The number of carbonyl (C=O) groups is 1. The first kappa shape index (κ1) is 19.1. The Kier molecular flexibility index (Phi) is 4.70. The predicted octanol–water partition coefficient (Wildman–Crippen LogP) is 3.76. The summed E-state index contributed by atoms with van der Waals surface area (Å²) in [5.74, 6) is -1.01. The zero-order chi connectivity index (χ0) is 19.4. The maximum absolute atomic E-state index is 11.7. The molecule has 5 atom stereocenters. The largest absolute Gasteiger partial charge is 0.481 e. The molecule has 0 aromatic carbocycles. The van der Waals surface area contributed by atoms with Crippen LogP contribution in [-0.2, 0) is 11.2 Å². The number of aromatic nitrogens is 1. The minimum Gasteiger partial charge on any atom is -0.481 e. The van der Waals surface area contributed by atoms with Crippen molar-refractivity contribution in [1.82, 2.24) is 4.98 Å². The molecule has 2 aromatic heterocycles. The third-order valence-corrected chi connectivity index (χ3v) is 8.87. The lowest BCUT2D eigenvalue weighted by molar-refractivity contribution is -0.150. The monoisotopic (exact) mass is 407 g/mol. The smallest absolute Gasteiger partial charge is 0.304 e. The Hall–Kier alpha value is -1.28. The van der Waals surface area contributed by atoms with E-state index in [1.807, 2.05) is 18.4 Å². The fraction of sp³-hybridized carbons (Fsp3) is 0.600. The van der Waals surface area contributed by atoms with Gasteiger partial charge in [0.15, 0.2) is 0 Å². The number of carboxylic acids is 1. The molecule has 146 valence electrons. The average Bonchev–Trinajstić information content (AvgIpc) is 3.29. The number of thiazole rings is 1. The molecule has 1 fully saturated rings. The Labute approximate surface area is 166 Å². The lowest BCUT2D eigenvalue weighted by Gasteiger charge is -2.58. The van der Waals surface area contributed by atoms with Gasteiger partial charge in [-0.05, 0) is 42.0 Å². The van der Waals surface area contributed by atoms with Crippen molar-refractivity contribution >= 4 is 28.6 Å². The Morgan fingerprint density at radius 2 is 2.19 bits per heavy atom. The molecule has 7 heteroatoms. The van der Waals surface area contributed by atoms with Crippen LogP contribution in [0.5, 0.6) is 0 Å². The number of aliphatic hydroxyl groups is 2. The molecule has 2 heterocycles. The van der Waals surface area contributed by atoms with Crippen LogP contribution in [0.25, 0.3) is 10.6 Å². The van der Waals surface area contributed by atoms with E-state index < -0.39 is 17.5 Å². The minimum atomic E-state index is -0.824. The van der Waals surface area contributed by atoms with Crippen LogP contribution >= 0.6 is 22.7 Å². The van der Waals surface area contributed by atoms with E-state index in [9.17, 15) is 20.1 Å². The van der Waals surface area contributed by atoms with Gasteiger partial charge >= 0.3 is 5.97 Å². The highest BCUT2D eigenvalue weighted by molar-refractivity contribution is 7.15. The third kappa shape index (κ3) is 2.87. The van der Waals surface area contributed by atoms with Gasteiger partial charge in [-0.1, -0.05) is 13.8 Å². The summed E-state index contributed by atoms with van der Waals surface area (Å²) in [4.78, 5) is 17.7. The maximum Gasteiger partial charge on any atom is 0.304 e. The van der Waals surface area contributed by atoms with Crippen LogP contribution < -0.4 is 0 Å². The van der Waals surface area contributed by atoms with E-state index in [0.29, 0.717) is 6.42 Å². The Balaban J connectivity index is 1.85. The number of fused-ring (bicyclic) bond motifs is 2. The van der Waals surface area contributed by atoms with Crippen molar-refractivity contribution in [2.75, 3.05) is 6.61 Å². The molecule has 0 bridgehead atoms. The van der Waals surface area contributed by atoms with Crippen molar-refractivity contribution < 1.29 is 20.1 Å². The Morgan fingerprint density at radius 3 is 2.81 bits per heavy atom. The summed E-state index contributed by atoms with van der Waals surface area (Å²) in [6, 6.07) is 2.04. The molecule has 0 aliphatic heterocycles. The second kappa shape index (κ2) is 6.65. The number of hydrogen-bond acceptors (Lipinski definition) is 6. The maximum atomic E-state index is 11.7. The van der Waals surface area contributed by atoms with Crippen LogP contribution in [0.2, 0.25) is 0 Å². The van der Waals surface area contributed by atoms with Gasteiger partial charge in [0.25, 0.3) is 0 Å².